The Morgan fingerprint density at radius 1 is 1.42 bits per heavy atom. The standard InChI is InChI=1S/C12H11F3N2O6S/c1-4(18)23-2-5-3-24-9-6(16-11(22)12(13,14)15)8(19)17(9)7(5)10(20)21/h6,9H,2-3H2,1H3,(H,16,22)(H,20,21)/t6-,9?/m0/s1. The molecule has 132 valence electrons. The van der Waals surface area contributed by atoms with Gasteiger partial charge >= 0.3 is 24.0 Å². The van der Waals surface area contributed by atoms with Crippen molar-refractivity contribution < 1.29 is 42.2 Å². The van der Waals surface area contributed by atoms with E-state index in [1.807, 2.05) is 0 Å². The summed E-state index contributed by atoms with van der Waals surface area (Å²) in [6.45, 7) is 0.775. The number of carbonyl (C=O) groups excluding carboxylic acids is 3. The van der Waals surface area contributed by atoms with Crippen molar-refractivity contribution >= 4 is 35.5 Å². The molecule has 2 amide bonds. The van der Waals surface area contributed by atoms with E-state index in [0.717, 1.165) is 23.6 Å². The zero-order valence-electron chi connectivity index (χ0n) is 12.0. The average Bonchev–Trinajstić information content (AvgIpc) is 2.47. The van der Waals surface area contributed by atoms with E-state index in [0.29, 0.717) is 0 Å². The molecule has 12 heteroatoms. The number of ether oxygens (including phenoxy) is 1. The van der Waals surface area contributed by atoms with Crippen LogP contribution >= 0.6 is 11.8 Å². The van der Waals surface area contributed by atoms with Gasteiger partial charge in [0.2, 0.25) is 0 Å². The van der Waals surface area contributed by atoms with Gasteiger partial charge in [0.1, 0.15) is 23.7 Å². The van der Waals surface area contributed by atoms with Crippen LogP contribution in [0, 0.1) is 0 Å². The van der Waals surface area contributed by atoms with Crippen molar-refractivity contribution in [2.45, 2.75) is 24.5 Å². The smallest absolute Gasteiger partial charge is 0.471 e. The lowest BCUT2D eigenvalue weighted by Gasteiger charge is -2.49. The third-order valence-corrected chi connectivity index (χ3v) is 4.58. The number of aliphatic carboxylic acids is 1. The first-order valence-corrected chi connectivity index (χ1v) is 7.50. The molecule has 8 nitrogen and oxygen atoms in total. The average molecular weight is 368 g/mol. The van der Waals surface area contributed by atoms with Crippen molar-refractivity contribution in [1.29, 1.82) is 0 Å². The summed E-state index contributed by atoms with van der Waals surface area (Å²) in [6, 6.07) is -1.46. The summed E-state index contributed by atoms with van der Waals surface area (Å²) in [7, 11) is 0. The van der Waals surface area contributed by atoms with Crippen LogP contribution in [0.1, 0.15) is 6.92 Å². The van der Waals surface area contributed by atoms with Gasteiger partial charge in [0.15, 0.2) is 0 Å². The highest BCUT2D eigenvalue weighted by Gasteiger charge is 2.56. The van der Waals surface area contributed by atoms with Crippen molar-refractivity contribution in [3.8, 4) is 0 Å². The number of halogens is 3. The highest BCUT2D eigenvalue weighted by molar-refractivity contribution is 8.00. The fourth-order valence-electron chi connectivity index (χ4n) is 2.21. The summed E-state index contributed by atoms with van der Waals surface area (Å²) in [5, 5.41) is 9.83. The first kappa shape index (κ1) is 18.1. The first-order valence-electron chi connectivity index (χ1n) is 6.45. The summed E-state index contributed by atoms with van der Waals surface area (Å²) >= 11 is 0.969. The molecule has 24 heavy (non-hydrogen) atoms. The molecule has 1 saturated heterocycles. The normalized spacial score (nSPS) is 23.3. The summed E-state index contributed by atoms with van der Waals surface area (Å²) in [6.07, 6.45) is -5.15. The SMILES string of the molecule is CC(=O)OCC1=C(C(=O)O)N2C(=O)[C@H](NC(=O)C(F)(F)F)C2SC1. The third kappa shape index (κ3) is 3.32. The zero-order valence-corrected chi connectivity index (χ0v) is 12.9. The minimum Gasteiger partial charge on any atom is -0.477 e. The third-order valence-electron chi connectivity index (χ3n) is 3.24. The van der Waals surface area contributed by atoms with Gasteiger partial charge in [-0.05, 0) is 0 Å². The summed E-state index contributed by atoms with van der Waals surface area (Å²) < 4.78 is 41.5. The van der Waals surface area contributed by atoms with Crippen LogP contribution in [0.5, 0.6) is 0 Å². The Kier molecular flexibility index (Phi) is 4.78. The summed E-state index contributed by atoms with van der Waals surface area (Å²) in [5.74, 6) is -5.34. The van der Waals surface area contributed by atoms with Crippen molar-refractivity contribution in [3.63, 3.8) is 0 Å². The molecule has 0 radical (unpaired) electrons. The van der Waals surface area contributed by atoms with Crippen LogP contribution < -0.4 is 5.32 Å². The number of amides is 2. The number of nitrogens with zero attached hydrogens (tertiary/aromatic N) is 1. The van der Waals surface area contributed by atoms with Gasteiger partial charge in [-0.2, -0.15) is 13.2 Å². The first-order chi connectivity index (χ1) is 11.0. The van der Waals surface area contributed by atoms with Gasteiger partial charge in [-0.25, -0.2) is 4.79 Å². The lowest BCUT2D eigenvalue weighted by Crippen LogP contribution is -2.71. The minimum atomic E-state index is -5.15. The quantitative estimate of drug-likeness (QED) is 0.524. The molecule has 2 heterocycles. The van der Waals surface area contributed by atoms with E-state index in [-0.39, 0.29) is 17.9 Å². The molecule has 1 unspecified atom stereocenters. The molecular formula is C12H11F3N2O6S. The Morgan fingerprint density at radius 2 is 2.04 bits per heavy atom. The number of fused-ring (bicyclic) bond motifs is 1. The fourth-order valence-corrected chi connectivity index (χ4v) is 3.53. The number of carboxylic acids is 1. The second kappa shape index (κ2) is 6.34. The molecule has 0 aliphatic carbocycles. The van der Waals surface area contributed by atoms with Gasteiger partial charge in [0, 0.05) is 18.2 Å². The zero-order chi connectivity index (χ0) is 18.2. The topological polar surface area (TPSA) is 113 Å². The van der Waals surface area contributed by atoms with E-state index >= 15 is 0 Å². The molecule has 2 aliphatic rings. The Hall–Kier alpha value is -2.24. The van der Waals surface area contributed by atoms with E-state index in [4.69, 9.17) is 4.74 Å². The Bertz CT molecular complexity index is 647. The van der Waals surface area contributed by atoms with Gasteiger partial charge in [0.05, 0.1) is 0 Å². The molecule has 0 spiro atoms. The van der Waals surface area contributed by atoms with E-state index in [9.17, 15) is 37.5 Å². The van der Waals surface area contributed by atoms with Crippen molar-refractivity contribution in [2.24, 2.45) is 0 Å². The summed E-state index contributed by atoms with van der Waals surface area (Å²) in [4.78, 5) is 45.9. The van der Waals surface area contributed by atoms with Crippen molar-refractivity contribution in [2.75, 3.05) is 12.4 Å². The Morgan fingerprint density at radius 3 is 2.54 bits per heavy atom. The van der Waals surface area contributed by atoms with Crippen molar-refractivity contribution in [3.05, 3.63) is 11.3 Å². The number of carbonyl (C=O) groups is 4. The number of hydrogen-bond donors (Lipinski definition) is 2. The minimum absolute atomic E-state index is 0.0295. The number of nitrogens with one attached hydrogen (secondary N) is 1. The van der Waals surface area contributed by atoms with Gasteiger partial charge in [0.25, 0.3) is 5.91 Å². The molecule has 0 saturated carbocycles. The number of β-lactam (4-membered cyclic amide) rings is 1. The van der Waals surface area contributed by atoms with Gasteiger partial charge < -0.3 is 15.2 Å². The Balaban J connectivity index is 2.18. The highest BCUT2D eigenvalue weighted by atomic mass is 32.2. The molecular weight excluding hydrogens is 357 g/mol. The van der Waals surface area contributed by atoms with Crippen LogP contribution in [0.3, 0.4) is 0 Å². The summed E-state index contributed by atoms with van der Waals surface area (Å²) in [5.41, 5.74) is -0.296. The maximum atomic E-state index is 12.3. The maximum Gasteiger partial charge on any atom is 0.471 e. The molecule has 0 aromatic rings. The molecule has 0 aromatic heterocycles. The second-order valence-electron chi connectivity index (χ2n) is 4.90. The molecule has 2 atom stereocenters. The van der Waals surface area contributed by atoms with E-state index in [1.54, 1.807) is 5.32 Å². The number of rotatable bonds is 4. The lowest BCUT2D eigenvalue weighted by molar-refractivity contribution is -0.177. The van der Waals surface area contributed by atoms with E-state index < -0.39 is 47.0 Å². The van der Waals surface area contributed by atoms with Crippen molar-refractivity contribution in [1.82, 2.24) is 10.2 Å². The van der Waals surface area contributed by atoms with Crippen LogP contribution in [0.2, 0.25) is 0 Å². The predicted molar refractivity (Wildman–Crippen MR) is 72.4 cm³/mol. The van der Waals surface area contributed by atoms with Gasteiger partial charge in [-0.15, -0.1) is 11.8 Å². The molecule has 1 fully saturated rings. The second-order valence-corrected chi connectivity index (χ2v) is 6.00. The van der Waals surface area contributed by atoms with Crippen LogP contribution in [-0.2, 0) is 23.9 Å². The number of hydrogen-bond acceptors (Lipinski definition) is 6. The maximum absolute atomic E-state index is 12.3. The van der Waals surface area contributed by atoms with E-state index in [2.05, 4.69) is 0 Å². The van der Waals surface area contributed by atoms with Crippen LogP contribution in [0.4, 0.5) is 13.2 Å². The number of thioether (sulfide) groups is 1. The lowest BCUT2D eigenvalue weighted by atomic mass is 10.0. The molecule has 2 rings (SSSR count). The predicted octanol–water partition coefficient (Wildman–Crippen LogP) is -0.150. The molecule has 0 aromatic carbocycles. The van der Waals surface area contributed by atoms with Gasteiger partial charge in [-0.3, -0.25) is 19.3 Å². The van der Waals surface area contributed by atoms with Crippen LogP contribution in [0.15, 0.2) is 11.3 Å². The monoisotopic (exact) mass is 368 g/mol. The van der Waals surface area contributed by atoms with Crippen LogP contribution in [0.25, 0.3) is 0 Å². The number of alkyl halides is 3. The number of carboxylic acid groups (broad SMARTS) is 1. The Labute approximate surface area is 137 Å². The van der Waals surface area contributed by atoms with E-state index in [1.165, 1.54) is 0 Å². The fraction of sp³-hybridized carbons (Fsp3) is 0.500. The molecule has 2 aliphatic heterocycles. The largest absolute Gasteiger partial charge is 0.477 e. The molecule has 0 bridgehead atoms. The highest BCUT2D eigenvalue weighted by Crippen LogP contribution is 2.40. The van der Waals surface area contributed by atoms with Crippen LogP contribution in [-0.4, -0.2) is 63.7 Å². The molecule has 2 N–H and O–H groups in total. The number of esters is 1. The van der Waals surface area contributed by atoms with Gasteiger partial charge in [-0.1, -0.05) is 0 Å².